The monoisotopic (exact) mass is 196 g/mol. The molecule has 74 valence electrons. The van der Waals surface area contributed by atoms with Crippen LogP contribution < -0.4 is 0 Å². The van der Waals surface area contributed by atoms with Crippen LogP contribution >= 0.6 is 0 Å². The first-order valence-electron chi connectivity index (χ1n) is 3.62. The zero-order valence-corrected chi connectivity index (χ0v) is 6.90. The van der Waals surface area contributed by atoms with Crippen molar-refractivity contribution >= 4 is 0 Å². The van der Waals surface area contributed by atoms with E-state index in [1.807, 2.05) is 0 Å². The Bertz CT molecular complexity index is 289. The van der Waals surface area contributed by atoms with Crippen molar-refractivity contribution < 1.29 is 17.6 Å². The van der Waals surface area contributed by atoms with Crippen molar-refractivity contribution in [2.75, 3.05) is 6.67 Å². The SMILES string of the molecule is Cc1nc(C(F)(F)F)cn1CCF. The van der Waals surface area contributed by atoms with Crippen molar-refractivity contribution in [2.24, 2.45) is 0 Å². The zero-order valence-electron chi connectivity index (χ0n) is 6.90. The third kappa shape index (κ3) is 2.19. The summed E-state index contributed by atoms with van der Waals surface area (Å²) in [4.78, 5) is 3.27. The highest BCUT2D eigenvalue weighted by Crippen LogP contribution is 2.28. The van der Waals surface area contributed by atoms with Crippen LogP contribution in [0.25, 0.3) is 0 Å². The van der Waals surface area contributed by atoms with Crippen molar-refractivity contribution in [3.63, 3.8) is 0 Å². The fraction of sp³-hybridized carbons (Fsp3) is 0.571. The second kappa shape index (κ2) is 3.35. The molecule has 0 fully saturated rings. The second-order valence-corrected chi connectivity index (χ2v) is 2.55. The summed E-state index contributed by atoms with van der Waals surface area (Å²) in [5.41, 5.74) is -0.974. The molecule has 1 rings (SSSR count). The van der Waals surface area contributed by atoms with Gasteiger partial charge in [-0.25, -0.2) is 9.37 Å². The number of imidazole rings is 1. The average Bonchev–Trinajstić information content (AvgIpc) is 2.32. The molecule has 1 heterocycles. The van der Waals surface area contributed by atoms with E-state index < -0.39 is 18.5 Å². The van der Waals surface area contributed by atoms with Crippen molar-refractivity contribution in [1.82, 2.24) is 9.55 Å². The Morgan fingerprint density at radius 1 is 1.46 bits per heavy atom. The average molecular weight is 196 g/mol. The summed E-state index contributed by atoms with van der Waals surface area (Å²) >= 11 is 0. The van der Waals surface area contributed by atoms with Crippen LogP contribution in [0.15, 0.2) is 6.20 Å². The molecule has 1 aromatic rings. The number of hydrogen-bond donors (Lipinski definition) is 0. The van der Waals surface area contributed by atoms with Crippen molar-refractivity contribution in [2.45, 2.75) is 19.6 Å². The molecular weight excluding hydrogens is 188 g/mol. The number of rotatable bonds is 2. The van der Waals surface area contributed by atoms with Crippen LogP contribution in [0.1, 0.15) is 11.5 Å². The van der Waals surface area contributed by atoms with E-state index in [0.29, 0.717) is 0 Å². The number of nitrogens with zero attached hydrogens (tertiary/aromatic N) is 2. The van der Waals surface area contributed by atoms with Gasteiger partial charge in [0.2, 0.25) is 0 Å². The summed E-state index contributed by atoms with van der Waals surface area (Å²) in [5.74, 6) is 0.171. The van der Waals surface area contributed by atoms with Crippen LogP contribution in [0, 0.1) is 6.92 Å². The summed E-state index contributed by atoms with van der Waals surface area (Å²) in [6, 6.07) is 0. The van der Waals surface area contributed by atoms with E-state index in [2.05, 4.69) is 4.98 Å². The van der Waals surface area contributed by atoms with Gasteiger partial charge in [0.1, 0.15) is 12.5 Å². The third-order valence-electron chi connectivity index (χ3n) is 1.59. The Morgan fingerprint density at radius 3 is 2.46 bits per heavy atom. The minimum atomic E-state index is -4.45. The molecule has 2 nitrogen and oxygen atoms in total. The van der Waals surface area contributed by atoms with E-state index in [-0.39, 0.29) is 12.4 Å². The van der Waals surface area contributed by atoms with Crippen molar-refractivity contribution in [3.8, 4) is 0 Å². The van der Waals surface area contributed by atoms with Gasteiger partial charge in [0, 0.05) is 6.20 Å². The van der Waals surface area contributed by atoms with Crippen molar-refractivity contribution in [1.29, 1.82) is 0 Å². The smallest absolute Gasteiger partial charge is 0.332 e. The first kappa shape index (κ1) is 10.0. The lowest BCUT2D eigenvalue weighted by Gasteiger charge is -2.00. The van der Waals surface area contributed by atoms with Gasteiger partial charge in [0.05, 0.1) is 6.54 Å². The van der Waals surface area contributed by atoms with Crippen molar-refractivity contribution in [3.05, 3.63) is 17.7 Å². The van der Waals surface area contributed by atoms with Gasteiger partial charge in [0.25, 0.3) is 0 Å². The molecule has 0 unspecified atom stereocenters. The number of alkyl halides is 4. The van der Waals surface area contributed by atoms with E-state index in [4.69, 9.17) is 0 Å². The third-order valence-corrected chi connectivity index (χ3v) is 1.59. The normalized spacial score (nSPS) is 12.1. The van der Waals surface area contributed by atoms with E-state index in [1.54, 1.807) is 0 Å². The molecule has 0 aromatic carbocycles. The van der Waals surface area contributed by atoms with Gasteiger partial charge in [0.15, 0.2) is 5.69 Å². The topological polar surface area (TPSA) is 17.8 Å². The Kier molecular flexibility index (Phi) is 2.58. The van der Waals surface area contributed by atoms with Crippen LogP contribution in [0.5, 0.6) is 0 Å². The van der Waals surface area contributed by atoms with Crippen LogP contribution in [0.4, 0.5) is 17.6 Å². The molecule has 0 N–H and O–H groups in total. The summed E-state index contributed by atoms with van der Waals surface area (Å²) < 4.78 is 49.1. The maximum Gasteiger partial charge on any atom is 0.434 e. The lowest BCUT2D eigenvalue weighted by molar-refractivity contribution is -0.141. The highest BCUT2D eigenvalue weighted by molar-refractivity contribution is 5.06. The van der Waals surface area contributed by atoms with Gasteiger partial charge in [-0.3, -0.25) is 0 Å². The van der Waals surface area contributed by atoms with Gasteiger partial charge < -0.3 is 4.57 Å². The van der Waals surface area contributed by atoms with E-state index >= 15 is 0 Å². The molecule has 0 atom stereocenters. The predicted octanol–water partition coefficient (Wildman–Crippen LogP) is 2.18. The minimum Gasteiger partial charge on any atom is -0.332 e. The first-order chi connectivity index (χ1) is 5.95. The molecule has 1 aromatic heterocycles. The van der Waals surface area contributed by atoms with Crippen LogP contribution in [-0.2, 0) is 12.7 Å². The molecule has 0 saturated heterocycles. The van der Waals surface area contributed by atoms with E-state index in [0.717, 1.165) is 10.8 Å². The summed E-state index contributed by atoms with van der Waals surface area (Å²) in [7, 11) is 0. The molecule has 0 radical (unpaired) electrons. The second-order valence-electron chi connectivity index (χ2n) is 2.55. The lowest BCUT2D eigenvalue weighted by atomic mass is 10.5. The molecule has 0 amide bonds. The highest BCUT2D eigenvalue weighted by atomic mass is 19.4. The molecular formula is C7H8F4N2. The molecule has 0 bridgehead atoms. The van der Waals surface area contributed by atoms with E-state index in [9.17, 15) is 17.6 Å². The lowest BCUT2D eigenvalue weighted by Crippen LogP contribution is -2.05. The van der Waals surface area contributed by atoms with Crippen LogP contribution in [-0.4, -0.2) is 16.2 Å². The fourth-order valence-electron chi connectivity index (χ4n) is 0.962. The summed E-state index contributed by atoms with van der Waals surface area (Å²) in [6.07, 6.45) is -3.64. The van der Waals surface area contributed by atoms with Gasteiger partial charge in [-0.05, 0) is 6.92 Å². The minimum absolute atomic E-state index is 0.0884. The van der Waals surface area contributed by atoms with Crippen LogP contribution in [0.2, 0.25) is 0 Å². The van der Waals surface area contributed by atoms with Gasteiger partial charge in [-0.15, -0.1) is 0 Å². The quantitative estimate of drug-likeness (QED) is 0.663. The maximum absolute atomic E-state index is 12.1. The maximum atomic E-state index is 12.1. The number of aryl methyl sites for hydroxylation is 2. The number of halogens is 4. The summed E-state index contributed by atoms with van der Waals surface area (Å²) in [6.45, 7) is 0.619. The Labute approximate surface area is 72.2 Å². The largest absolute Gasteiger partial charge is 0.434 e. The standard InChI is InChI=1S/C7H8F4N2/c1-5-12-6(7(9,10)11)4-13(5)3-2-8/h4H,2-3H2,1H3. The zero-order chi connectivity index (χ0) is 10.1. The molecule has 0 saturated carbocycles. The Balaban J connectivity index is 2.95. The molecule has 13 heavy (non-hydrogen) atoms. The Morgan fingerprint density at radius 2 is 2.08 bits per heavy atom. The molecule has 0 aliphatic rings. The molecule has 0 spiro atoms. The molecule has 0 aliphatic heterocycles. The Hall–Kier alpha value is -1.07. The molecule has 6 heteroatoms. The number of hydrogen-bond acceptors (Lipinski definition) is 1. The first-order valence-corrected chi connectivity index (χ1v) is 3.62. The van der Waals surface area contributed by atoms with Gasteiger partial charge >= 0.3 is 6.18 Å². The summed E-state index contributed by atoms with van der Waals surface area (Å²) in [5, 5.41) is 0. The number of aromatic nitrogens is 2. The van der Waals surface area contributed by atoms with Gasteiger partial charge in [-0.1, -0.05) is 0 Å². The highest BCUT2D eigenvalue weighted by Gasteiger charge is 2.34. The fourth-order valence-corrected chi connectivity index (χ4v) is 0.962. The van der Waals surface area contributed by atoms with Gasteiger partial charge in [-0.2, -0.15) is 13.2 Å². The van der Waals surface area contributed by atoms with Crippen LogP contribution in [0.3, 0.4) is 0 Å². The predicted molar refractivity (Wildman–Crippen MR) is 37.9 cm³/mol. The molecule has 0 aliphatic carbocycles. The van der Waals surface area contributed by atoms with E-state index in [1.165, 1.54) is 6.92 Å².